The molecule has 0 aliphatic rings. The molecule has 0 unspecified atom stereocenters. The lowest BCUT2D eigenvalue weighted by Crippen LogP contribution is -2.23. The van der Waals surface area contributed by atoms with Gasteiger partial charge in [-0.25, -0.2) is 0 Å². The van der Waals surface area contributed by atoms with Gasteiger partial charge in [-0.2, -0.15) is 0 Å². The van der Waals surface area contributed by atoms with Gasteiger partial charge in [0.2, 0.25) is 0 Å². The first-order valence-electron chi connectivity index (χ1n) is 8.12. The fourth-order valence-corrected chi connectivity index (χ4v) is 3.25. The van der Waals surface area contributed by atoms with Crippen LogP contribution in [0.15, 0.2) is 47.5 Å². The van der Waals surface area contributed by atoms with Gasteiger partial charge in [0.15, 0.2) is 0 Å². The molecule has 2 nitrogen and oxygen atoms in total. The van der Waals surface area contributed by atoms with Crippen LogP contribution >= 0.6 is 23.2 Å². The van der Waals surface area contributed by atoms with Gasteiger partial charge < -0.3 is 5.11 Å². The van der Waals surface area contributed by atoms with E-state index in [1.165, 1.54) is 0 Å². The van der Waals surface area contributed by atoms with E-state index in [-0.39, 0.29) is 11.8 Å². The third-order valence-corrected chi connectivity index (χ3v) is 4.55. The average molecular weight is 364 g/mol. The third kappa shape index (κ3) is 4.31. The van der Waals surface area contributed by atoms with Crippen LogP contribution < -0.4 is 0 Å². The molecule has 0 aliphatic heterocycles. The first-order chi connectivity index (χ1) is 11.3. The molecule has 128 valence electrons. The van der Waals surface area contributed by atoms with Crippen LogP contribution in [0.1, 0.15) is 38.8 Å². The Balaban J connectivity index is 2.71. The Morgan fingerprint density at radius 3 is 2.12 bits per heavy atom. The molecule has 0 saturated carbocycles. The number of phenolic OH excluding ortho intramolecular Hbond substituents is 1. The minimum Gasteiger partial charge on any atom is -0.507 e. The summed E-state index contributed by atoms with van der Waals surface area (Å²) in [4.78, 5) is 4.99. The monoisotopic (exact) mass is 363 g/mol. The smallest absolute Gasteiger partial charge is 0.125 e. The van der Waals surface area contributed by atoms with Crippen molar-refractivity contribution in [1.82, 2.24) is 0 Å². The van der Waals surface area contributed by atoms with Gasteiger partial charge in [-0.1, -0.05) is 69.1 Å². The van der Waals surface area contributed by atoms with Gasteiger partial charge in [0.05, 0.1) is 11.8 Å². The summed E-state index contributed by atoms with van der Waals surface area (Å²) < 4.78 is 0. The third-order valence-electron chi connectivity index (χ3n) is 3.99. The second kappa shape index (κ2) is 8.04. The zero-order chi connectivity index (χ0) is 17.9. The summed E-state index contributed by atoms with van der Waals surface area (Å²) in [7, 11) is 0. The van der Waals surface area contributed by atoms with Crippen molar-refractivity contribution in [2.75, 3.05) is 0 Å². The van der Waals surface area contributed by atoms with Crippen molar-refractivity contribution in [2.45, 2.75) is 33.7 Å². The predicted molar refractivity (Wildman–Crippen MR) is 104 cm³/mol. The number of hydrogen-bond acceptors (Lipinski definition) is 2. The molecular weight excluding hydrogens is 341 g/mol. The fourth-order valence-electron chi connectivity index (χ4n) is 2.85. The Hall–Kier alpha value is -1.51. The quantitative estimate of drug-likeness (QED) is 0.628. The molecule has 1 N–H and O–H groups in total. The van der Waals surface area contributed by atoms with Gasteiger partial charge in [-0.3, -0.25) is 4.99 Å². The topological polar surface area (TPSA) is 32.6 Å². The molecule has 0 spiro atoms. The van der Waals surface area contributed by atoms with Crippen LogP contribution in [0.3, 0.4) is 0 Å². The minimum absolute atomic E-state index is 0.106. The number of hydrogen-bond donors (Lipinski definition) is 1. The van der Waals surface area contributed by atoms with E-state index >= 15 is 0 Å². The second-order valence-corrected chi connectivity index (χ2v) is 7.44. The van der Waals surface area contributed by atoms with Crippen LogP contribution in [-0.4, -0.2) is 16.9 Å². The highest BCUT2D eigenvalue weighted by molar-refractivity contribution is 6.36. The number of aliphatic imine (C=N–C) groups is 1. The molecule has 2 rings (SSSR count). The lowest BCUT2D eigenvalue weighted by molar-refractivity contribution is 0.389. The van der Waals surface area contributed by atoms with E-state index in [4.69, 9.17) is 28.2 Å². The van der Waals surface area contributed by atoms with Crippen LogP contribution in [0, 0.1) is 11.8 Å². The number of phenols is 1. The number of nitrogens with zero attached hydrogens (tertiary/aromatic N) is 1. The molecule has 0 bridgehead atoms. The maximum absolute atomic E-state index is 10.4. The van der Waals surface area contributed by atoms with E-state index in [1.807, 2.05) is 24.3 Å². The van der Waals surface area contributed by atoms with Crippen molar-refractivity contribution in [1.29, 1.82) is 0 Å². The van der Waals surface area contributed by atoms with Gasteiger partial charge in [0, 0.05) is 21.2 Å². The zero-order valence-corrected chi connectivity index (χ0v) is 15.9. The molecule has 0 aliphatic carbocycles. The predicted octanol–water partition coefficient (Wildman–Crippen LogP) is 6.22. The van der Waals surface area contributed by atoms with Gasteiger partial charge in [-0.15, -0.1) is 0 Å². The highest BCUT2D eigenvalue weighted by atomic mass is 35.5. The van der Waals surface area contributed by atoms with Crippen molar-refractivity contribution in [3.05, 3.63) is 63.6 Å². The molecule has 0 heterocycles. The van der Waals surface area contributed by atoms with Crippen molar-refractivity contribution in [3.8, 4) is 5.75 Å². The van der Waals surface area contributed by atoms with E-state index < -0.39 is 0 Å². The first-order valence-corrected chi connectivity index (χ1v) is 8.88. The molecule has 24 heavy (non-hydrogen) atoms. The maximum atomic E-state index is 10.4. The van der Waals surface area contributed by atoms with E-state index in [2.05, 4.69) is 27.7 Å². The van der Waals surface area contributed by atoms with Crippen LogP contribution in [-0.2, 0) is 0 Å². The van der Waals surface area contributed by atoms with E-state index in [0.717, 1.165) is 5.56 Å². The largest absolute Gasteiger partial charge is 0.507 e. The molecule has 0 fully saturated rings. The van der Waals surface area contributed by atoms with Crippen LogP contribution in [0.2, 0.25) is 10.0 Å². The van der Waals surface area contributed by atoms with Gasteiger partial charge in [0.1, 0.15) is 5.75 Å². The summed E-state index contributed by atoms with van der Waals surface area (Å²) in [5, 5.41) is 11.5. The van der Waals surface area contributed by atoms with Crippen molar-refractivity contribution < 1.29 is 5.11 Å². The molecule has 4 heteroatoms. The molecule has 0 atom stereocenters. The highest BCUT2D eigenvalue weighted by Gasteiger charge is 2.21. The maximum Gasteiger partial charge on any atom is 0.125 e. The lowest BCUT2D eigenvalue weighted by Gasteiger charge is -2.23. The second-order valence-electron chi connectivity index (χ2n) is 6.60. The summed E-state index contributed by atoms with van der Waals surface area (Å²) in [6, 6.07) is 12.6. The summed E-state index contributed by atoms with van der Waals surface area (Å²) in [5.74, 6) is 0.872. The normalized spacial score (nSPS) is 12.5. The first kappa shape index (κ1) is 18.8. The minimum atomic E-state index is 0.106. The molecule has 0 radical (unpaired) electrons. The number of halogens is 2. The average Bonchev–Trinajstić information content (AvgIpc) is 2.51. The van der Waals surface area contributed by atoms with Crippen molar-refractivity contribution in [3.63, 3.8) is 0 Å². The highest BCUT2D eigenvalue weighted by Crippen LogP contribution is 2.29. The molecule has 2 aromatic carbocycles. The molecule has 0 aromatic heterocycles. The number of aromatic hydroxyl groups is 1. The van der Waals surface area contributed by atoms with Crippen LogP contribution in [0.5, 0.6) is 5.75 Å². The van der Waals surface area contributed by atoms with Crippen LogP contribution in [0.4, 0.5) is 0 Å². The van der Waals surface area contributed by atoms with Gasteiger partial charge in [-0.05, 0) is 36.1 Å². The van der Waals surface area contributed by atoms with E-state index in [9.17, 15) is 5.11 Å². The van der Waals surface area contributed by atoms with Crippen molar-refractivity contribution >= 4 is 28.9 Å². The van der Waals surface area contributed by atoms with Gasteiger partial charge in [0.25, 0.3) is 0 Å². The van der Waals surface area contributed by atoms with Crippen molar-refractivity contribution in [2.24, 2.45) is 16.8 Å². The Morgan fingerprint density at radius 2 is 1.54 bits per heavy atom. The summed E-state index contributed by atoms with van der Waals surface area (Å²) in [5.41, 5.74) is 2.07. The Bertz CT molecular complexity index is 730. The molecular formula is C20H23Cl2NO. The standard InChI is InChI=1S/C20H23Cl2NO/c1-12(2)19(13(3)4)23-20(15-7-5-6-8-17(15)22)16-11-14(21)9-10-18(16)24/h5-13,19,24H,1-4H3. The van der Waals surface area contributed by atoms with Crippen LogP contribution in [0.25, 0.3) is 0 Å². The summed E-state index contributed by atoms with van der Waals surface area (Å²) in [6.07, 6.45) is 0. The summed E-state index contributed by atoms with van der Waals surface area (Å²) >= 11 is 12.6. The molecule has 2 aromatic rings. The Morgan fingerprint density at radius 1 is 0.917 bits per heavy atom. The van der Waals surface area contributed by atoms with Gasteiger partial charge >= 0.3 is 0 Å². The molecule has 0 amide bonds. The number of benzene rings is 2. The van der Waals surface area contributed by atoms with E-state index in [1.54, 1.807) is 18.2 Å². The Labute approximate surface area is 154 Å². The SMILES string of the molecule is CC(C)C(N=C(c1cc(Cl)ccc1O)c1ccccc1Cl)C(C)C. The fraction of sp³-hybridized carbons (Fsp3) is 0.350. The Kier molecular flexibility index (Phi) is 6.31. The molecule has 0 saturated heterocycles. The zero-order valence-electron chi connectivity index (χ0n) is 14.4. The van der Waals surface area contributed by atoms with E-state index in [0.29, 0.717) is 33.2 Å². The summed E-state index contributed by atoms with van der Waals surface area (Å²) in [6.45, 7) is 8.60. The number of rotatable bonds is 5. The lowest BCUT2D eigenvalue weighted by atomic mass is 9.92.